The SMILES string of the molecule is CCCNc1nc(C)c([N+](=O)[O-])c(NC2CCCC2)n1. The quantitative estimate of drug-likeness (QED) is 0.614. The molecule has 0 atom stereocenters. The van der Waals surface area contributed by atoms with E-state index in [0.29, 0.717) is 17.5 Å². The van der Waals surface area contributed by atoms with Gasteiger partial charge < -0.3 is 10.6 Å². The van der Waals surface area contributed by atoms with Gasteiger partial charge in [0, 0.05) is 12.6 Å². The van der Waals surface area contributed by atoms with Crippen molar-refractivity contribution in [2.24, 2.45) is 0 Å². The van der Waals surface area contributed by atoms with Gasteiger partial charge in [0.25, 0.3) is 0 Å². The molecule has 1 aromatic rings. The molecule has 1 aromatic heterocycles. The average Bonchev–Trinajstić information content (AvgIpc) is 2.88. The predicted molar refractivity (Wildman–Crippen MR) is 78.1 cm³/mol. The molecular formula is C13H21N5O2. The van der Waals surface area contributed by atoms with Crippen LogP contribution in [0.3, 0.4) is 0 Å². The molecule has 1 fully saturated rings. The zero-order valence-corrected chi connectivity index (χ0v) is 12.0. The summed E-state index contributed by atoms with van der Waals surface area (Å²) in [6.45, 7) is 4.44. The molecule has 0 saturated heterocycles. The molecule has 7 heteroatoms. The molecule has 0 radical (unpaired) electrons. The average molecular weight is 279 g/mol. The fraction of sp³-hybridized carbons (Fsp3) is 0.692. The highest BCUT2D eigenvalue weighted by Gasteiger charge is 2.25. The molecule has 7 nitrogen and oxygen atoms in total. The largest absolute Gasteiger partial charge is 0.361 e. The van der Waals surface area contributed by atoms with Gasteiger partial charge in [0.05, 0.1) is 4.92 Å². The highest BCUT2D eigenvalue weighted by Crippen LogP contribution is 2.30. The first-order valence-corrected chi connectivity index (χ1v) is 7.15. The molecule has 2 rings (SSSR count). The van der Waals surface area contributed by atoms with Crippen LogP contribution in [-0.2, 0) is 0 Å². The molecule has 0 aliphatic heterocycles. The maximum absolute atomic E-state index is 11.2. The second-order valence-electron chi connectivity index (χ2n) is 5.14. The Morgan fingerprint density at radius 3 is 2.65 bits per heavy atom. The number of hydrogen-bond acceptors (Lipinski definition) is 6. The van der Waals surface area contributed by atoms with Crippen LogP contribution in [0.5, 0.6) is 0 Å². The van der Waals surface area contributed by atoms with Crippen LogP contribution in [0.25, 0.3) is 0 Å². The molecular weight excluding hydrogens is 258 g/mol. The number of aromatic nitrogens is 2. The molecule has 1 heterocycles. The summed E-state index contributed by atoms with van der Waals surface area (Å²) in [7, 11) is 0. The molecule has 110 valence electrons. The Morgan fingerprint density at radius 1 is 1.35 bits per heavy atom. The third-order valence-corrected chi connectivity index (χ3v) is 3.47. The lowest BCUT2D eigenvalue weighted by molar-refractivity contribution is -0.385. The Hall–Kier alpha value is -1.92. The Labute approximate surface area is 118 Å². The second kappa shape index (κ2) is 6.49. The molecule has 0 aromatic carbocycles. The first-order valence-electron chi connectivity index (χ1n) is 7.15. The van der Waals surface area contributed by atoms with E-state index in [2.05, 4.69) is 20.6 Å². The maximum Gasteiger partial charge on any atom is 0.332 e. The molecule has 1 aliphatic rings. The van der Waals surface area contributed by atoms with Crippen LogP contribution in [0.2, 0.25) is 0 Å². The van der Waals surface area contributed by atoms with Gasteiger partial charge in [-0.05, 0) is 26.2 Å². The van der Waals surface area contributed by atoms with Gasteiger partial charge in [0.1, 0.15) is 5.69 Å². The Kier molecular flexibility index (Phi) is 4.70. The Morgan fingerprint density at radius 2 is 2.05 bits per heavy atom. The van der Waals surface area contributed by atoms with Crippen molar-refractivity contribution in [2.75, 3.05) is 17.2 Å². The van der Waals surface area contributed by atoms with Crippen LogP contribution in [0.4, 0.5) is 17.5 Å². The third kappa shape index (κ3) is 3.34. The zero-order valence-electron chi connectivity index (χ0n) is 12.0. The minimum absolute atomic E-state index is 0.0149. The molecule has 0 bridgehead atoms. The van der Waals surface area contributed by atoms with E-state index in [9.17, 15) is 10.1 Å². The van der Waals surface area contributed by atoms with Crippen LogP contribution in [0, 0.1) is 17.0 Å². The van der Waals surface area contributed by atoms with Crippen molar-refractivity contribution in [3.05, 3.63) is 15.8 Å². The van der Waals surface area contributed by atoms with Crippen molar-refractivity contribution in [1.82, 2.24) is 9.97 Å². The molecule has 1 aliphatic carbocycles. The van der Waals surface area contributed by atoms with Gasteiger partial charge >= 0.3 is 5.69 Å². The van der Waals surface area contributed by atoms with E-state index in [-0.39, 0.29) is 11.7 Å². The monoisotopic (exact) mass is 279 g/mol. The molecule has 0 amide bonds. The first kappa shape index (κ1) is 14.5. The Bertz CT molecular complexity index is 486. The fourth-order valence-electron chi connectivity index (χ4n) is 2.47. The summed E-state index contributed by atoms with van der Waals surface area (Å²) in [6.07, 6.45) is 5.35. The van der Waals surface area contributed by atoms with Crippen LogP contribution >= 0.6 is 0 Å². The number of aryl methyl sites for hydroxylation is 1. The summed E-state index contributed by atoms with van der Waals surface area (Å²) >= 11 is 0. The van der Waals surface area contributed by atoms with Gasteiger partial charge in [-0.25, -0.2) is 4.98 Å². The number of hydrogen-bond donors (Lipinski definition) is 2. The zero-order chi connectivity index (χ0) is 14.5. The van der Waals surface area contributed by atoms with E-state index in [4.69, 9.17) is 0 Å². The summed E-state index contributed by atoms with van der Waals surface area (Å²) in [6, 6.07) is 0.280. The van der Waals surface area contributed by atoms with Gasteiger partial charge in [0.15, 0.2) is 0 Å². The van der Waals surface area contributed by atoms with Crippen molar-refractivity contribution in [3.63, 3.8) is 0 Å². The van der Waals surface area contributed by atoms with Crippen LogP contribution in [0.1, 0.15) is 44.7 Å². The highest BCUT2D eigenvalue weighted by atomic mass is 16.6. The van der Waals surface area contributed by atoms with Crippen LogP contribution < -0.4 is 10.6 Å². The topological polar surface area (TPSA) is 93.0 Å². The fourth-order valence-corrected chi connectivity index (χ4v) is 2.47. The van der Waals surface area contributed by atoms with Crippen LogP contribution in [-0.4, -0.2) is 27.5 Å². The van der Waals surface area contributed by atoms with E-state index >= 15 is 0 Å². The smallest absolute Gasteiger partial charge is 0.332 e. The second-order valence-corrected chi connectivity index (χ2v) is 5.14. The minimum atomic E-state index is -0.407. The number of rotatable bonds is 6. The summed E-state index contributed by atoms with van der Waals surface area (Å²) in [5.41, 5.74) is 0.378. The van der Waals surface area contributed by atoms with E-state index in [1.165, 1.54) is 0 Å². The van der Waals surface area contributed by atoms with Crippen molar-refractivity contribution in [3.8, 4) is 0 Å². The first-order chi connectivity index (χ1) is 9.61. The Balaban J connectivity index is 2.27. The lowest BCUT2D eigenvalue weighted by Gasteiger charge is -2.14. The standard InChI is InChI=1S/C13H21N5O2/c1-3-8-14-13-15-9(2)11(18(19)20)12(17-13)16-10-6-4-5-7-10/h10H,3-8H2,1-2H3,(H2,14,15,16,17). The molecule has 0 unspecified atom stereocenters. The van der Waals surface area contributed by atoms with Crippen molar-refractivity contribution < 1.29 is 4.92 Å². The van der Waals surface area contributed by atoms with Gasteiger partial charge in [0.2, 0.25) is 11.8 Å². The normalized spacial score (nSPS) is 15.3. The lowest BCUT2D eigenvalue weighted by atomic mass is 10.2. The van der Waals surface area contributed by atoms with Gasteiger partial charge in [-0.3, -0.25) is 10.1 Å². The van der Waals surface area contributed by atoms with E-state index < -0.39 is 4.92 Å². The highest BCUT2D eigenvalue weighted by molar-refractivity contribution is 5.61. The van der Waals surface area contributed by atoms with Crippen molar-refractivity contribution >= 4 is 17.5 Å². The number of nitrogens with zero attached hydrogens (tertiary/aromatic N) is 3. The van der Waals surface area contributed by atoms with E-state index in [1.807, 2.05) is 6.92 Å². The molecule has 1 saturated carbocycles. The predicted octanol–water partition coefficient (Wildman–Crippen LogP) is 2.87. The van der Waals surface area contributed by atoms with E-state index in [1.54, 1.807) is 6.92 Å². The van der Waals surface area contributed by atoms with E-state index in [0.717, 1.165) is 38.6 Å². The minimum Gasteiger partial charge on any atom is -0.361 e. The number of nitrogens with one attached hydrogen (secondary N) is 2. The third-order valence-electron chi connectivity index (χ3n) is 3.47. The van der Waals surface area contributed by atoms with Crippen LogP contribution in [0.15, 0.2) is 0 Å². The lowest BCUT2D eigenvalue weighted by Crippen LogP contribution is -2.18. The molecule has 0 spiro atoms. The van der Waals surface area contributed by atoms with Crippen molar-refractivity contribution in [1.29, 1.82) is 0 Å². The van der Waals surface area contributed by atoms with Crippen molar-refractivity contribution in [2.45, 2.75) is 52.0 Å². The van der Waals surface area contributed by atoms with Gasteiger partial charge in [-0.1, -0.05) is 19.8 Å². The summed E-state index contributed by atoms with van der Waals surface area (Å²) in [5, 5.41) is 17.5. The molecule has 20 heavy (non-hydrogen) atoms. The number of nitro groups is 1. The van der Waals surface area contributed by atoms with Gasteiger partial charge in [-0.2, -0.15) is 4.98 Å². The van der Waals surface area contributed by atoms with Gasteiger partial charge in [-0.15, -0.1) is 0 Å². The summed E-state index contributed by atoms with van der Waals surface area (Å²) in [5.74, 6) is 0.795. The summed E-state index contributed by atoms with van der Waals surface area (Å²) in [4.78, 5) is 19.2. The summed E-state index contributed by atoms with van der Waals surface area (Å²) < 4.78 is 0. The molecule has 2 N–H and O–H groups in total. The number of anilines is 2. The maximum atomic E-state index is 11.2.